The molecule has 1 aliphatic carbocycles. The first-order valence-electron chi connectivity index (χ1n) is 6.78. The second kappa shape index (κ2) is 6.38. The largest absolute Gasteiger partial charge is 0.497 e. The Bertz CT molecular complexity index is 710. The van der Waals surface area contributed by atoms with Crippen molar-refractivity contribution in [2.24, 2.45) is 10.7 Å². The summed E-state index contributed by atoms with van der Waals surface area (Å²) >= 11 is 0. The Morgan fingerprint density at radius 1 is 1.45 bits per heavy atom. The number of aromatic nitrogens is 1. The number of nitrogens with two attached hydrogens (primary N) is 1. The van der Waals surface area contributed by atoms with Gasteiger partial charge in [-0.1, -0.05) is 6.92 Å². The smallest absolute Gasteiger partial charge is 0.314 e. The molecule has 1 aromatic heterocycles. The Morgan fingerprint density at radius 3 is 2.77 bits per heavy atom. The quantitative estimate of drug-likeness (QED) is 0.906. The molecule has 1 heterocycles. The fourth-order valence-corrected chi connectivity index (χ4v) is 2.08. The van der Waals surface area contributed by atoms with E-state index >= 15 is 0 Å². The van der Waals surface area contributed by atoms with Crippen LogP contribution in [0.5, 0.6) is 0 Å². The van der Waals surface area contributed by atoms with Crippen molar-refractivity contribution in [3.05, 3.63) is 40.8 Å². The van der Waals surface area contributed by atoms with Crippen molar-refractivity contribution < 1.29 is 18.7 Å². The molecule has 116 valence electrons. The highest BCUT2D eigenvalue weighted by molar-refractivity contribution is 6.12. The van der Waals surface area contributed by atoms with E-state index in [1.54, 1.807) is 13.0 Å². The van der Waals surface area contributed by atoms with Gasteiger partial charge in [0.2, 0.25) is 11.7 Å². The van der Waals surface area contributed by atoms with Crippen LogP contribution in [0.25, 0.3) is 0 Å². The van der Waals surface area contributed by atoms with E-state index < -0.39 is 11.8 Å². The first-order valence-corrected chi connectivity index (χ1v) is 6.78. The molecule has 0 atom stereocenters. The number of hydrogen-bond donors (Lipinski definition) is 1. The first kappa shape index (κ1) is 15.7. The zero-order valence-electron chi connectivity index (χ0n) is 12.7. The predicted molar refractivity (Wildman–Crippen MR) is 79.4 cm³/mol. The average Bonchev–Trinajstić information content (AvgIpc) is 2.88. The number of ether oxygens (including phenoxy) is 1. The van der Waals surface area contributed by atoms with Crippen molar-refractivity contribution in [2.75, 3.05) is 7.11 Å². The van der Waals surface area contributed by atoms with E-state index in [2.05, 4.69) is 9.98 Å². The summed E-state index contributed by atoms with van der Waals surface area (Å²) in [4.78, 5) is 31.7. The fourth-order valence-electron chi connectivity index (χ4n) is 2.08. The van der Waals surface area contributed by atoms with Gasteiger partial charge < -0.3 is 14.9 Å². The Morgan fingerprint density at radius 2 is 2.18 bits per heavy atom. The van der Waals surface area contributed by atoms with Crippen molar-refractivity contribution in [1.82, 2.24) is 4.98 Å². The second-order valence-corrected chi connectivity index (χ2v) is 4.73. The van der Waals surface area contributed by atoms with Crippen LogP contribution in [0.2, 0.25) is 0 Å². The minimum Gasteiger partial charge on any atom is -0.497 e. The number of rotatable bonds is 4. The van der Waals surface area contributed by atoms with Crippen molar-refractivity contribution in [3.8, 4) is 0 Å². The number of allylic oxidation sites excluding steroid dienone is 2. The topological polar surface area (TPSA) is 108 Å². The van der Waals surface area contributed by atoms with E-state index in [4.69, 9.17) is 14.9 Å². The van der Waals surface area contributed by atoms with Gasteiger partial charge in [-0.25, -0.2) is 9.98 Å². The Hall–Kier alpha value is -2.70. The highest BCUT2D eigenvalue weighted by Gasteiger charge is 2.20. The van der Waals surface area contributed by atoms with E-state index in [-0.39, 0.29) is 12.2 Å². The maximum Gasteiger partial charge on any atom is 0.314 e. The molecule has 0 fully saturated rings. The monoisotopic (exact) mass is 303 g/mol. The number of nitrogens with zero attached hydrogens (tertiary/aromatic N) is 2. The summed E-state index contributed by atoms with van der Waals surface area (Å²) in [7, 11) is 1.46. The van der Waals surface area contributed by atoms with Crippen molar-refractivity contribution >= 4 is 17.5 Å². The molecule has 0 spiro atoms. The van der Waals surface area contributed by atoms with E-state index in [0.29, 0.717) is 35.0 Å². The van der Waals surface area contributed by atoms with Crippen LogP contribution in [0.4, 0.5) is 0 Å². The summed E-state index contributed by atoms with van der Waals surface area (Å²) < 4.78 is 10.4. The molecule has 0 saturated carbocycles. The number of primary amides is 1. The summed E-state index contributed by atoms with van der Waals surface area (Å²) in [6.07, 6.45) is 3.85. The molecular weight excluding hydrogens is 286 g/mol. The maximum atomic E-state index is 12.3. The summed E-state index contributed by atoms with van der Waals surface area (Å²) in [5, 5.41) is 0. The number of aliphatic imine (C=N–C) groups is 1. The average molecular weight is 303 g/mol. The van der Waals surface area contributed by atoms with Gasteiger partial charge in [-0.2, -0.15) is 0 Å². The third kappa shape index (κ3) is 3.30. The van der Waals surface area contributed by atoms with Gasteiger partial charge in [0.1, 0.15) is 5.76 Å². The van der Waals surface area contributed by atoms with E-state index in [0.717, 1.165) is 0 Å². The molecule has 2 rings (SSSR count). The number of amides is 2. The zero-order valence-corrected chi connectivity index (χ0v) is 12.7. The molecule has 7 nitrogen and oxygen atoms in total. The van der Waals surface area contributed by atoms with Gasteiger partial charge >= 0.3 is 5.91 Å². The van der Waals surface area contributed by atoms with Crippen LogP contribution in [0.15, 0.2) is 32.9 Å². The Kier molecular flexibility index (Phi) is 4.55. The third-order valence-electron chi connectivity index (χ3n) is 3.13. The van der Waals surface area contributed by atoms with Gasteiger partial charge in [0.05, 0.1) is 18.5 Å². The third-order valence-corrected chi connectivity index (χ3v) is 3.13. The van der Waals surface area contributed by atoms with Gasteiger partial charge in [0, 0.05) is 25.0 Å². The van der Waals surface area contributed by atoms with Crippen LogP contribution >= 0.6 is 0 Å². The second-order valence-electron chi connectivity index (χ2n) is 4.73. The van der Waals surface area contributed by atoms with E-state index in [9.17, 15) is 9.59 Å². The molecule has 0 radical (unpaired) electrons. The van der Waals surface area contributed by atoms with Gasteiger partial charge in [0.25, 0.3) is 0 Å². The summed E-state index contributed by atoms with van der Waals surface area (Å²) in [5.41, 5.74) is 6.55. The molecule has 7 heteroatoms. The maximum absolute atomic E-state index is 12.3. The number of methoxy groups -OCH3 is 1. The molecule has 0 aliphatic heterocycles. The summed E-state index contributed by atoms with van der Waals surface area (Å²) in [6, 6.07) is 0. The SMILES string of the molecule is CCc1nc(C)oc1C(=O)N=C1C=C(OC)C=C(C(N)=O)C1. The normalized spacial score (nSPS) is 16.2. The van der Waals surface area contributed by atoms with Gasteiger partial charge in [-0.3, -0.25) is 9.59 Å². The highest BCUT2D eigenvalue weighted by atomic mass is 16.5. The van der Waals surface area contributed by atoms with Crippen LogP contribution in [-0.2, 0) is 16.0 Å². The van der Waals surface area contributed by atoms with Crippen LogP contribution < -0.4 is 5.73 Å². The van der Waals surface area contributed by atoms with Crippen LogP contribution in [0.1, 0.15) is 35.5 Å². The molecule has 0 unspecified atom stereocenters. The molecule has 22 heavy (non-hydrogen) atoms. The first-order chi connectivity index (χ1) is 10.4. The molecule has 2 N–H and O–H groups in total. The number of oxazole rings is 1. The number of hydrogen-bond acceptors (Lipinski definition) is 5. The predicted octanol–water partition coefficient (Wildman–Crippen LogP) is 1.47. The summed E-state index contributed by atoms with van der Waals surface area (Å²) in [5.74, 6) is -0.168. The molecule has 0 saturated heterocycles. The van der Waals surface area contributed by atoms with E-state index in [1.807, 2.05) is 6.92 Å². The van der Waals surface area contributed by atoms with E-state index in [1.165, 1.54) is 13.2 Å². The summed E-state index contributed by atoms with van der Waals surface area (Å²) in [6.45, 7) is 3.54. The molecule has 1 aliphatic rings. The lowest BCUT2D eigenvalue weighted by Gasteiger charge is -2.12. The van der Waals surface area contributed by atoms with Crippen LogP contribution in [0.3, 0.4) is 0 Å². The zero-order chi connectivity index (χ0) is 16.3. The standard InChI is InChI=1S/C15H17N3O4/c1-4-12-13(22-8(2)17-12)15(20)18-10-5-9(14(16)19)6-11(7-10)21-3/h6-7H,4-5H2,1-3H3,(H2,16,19). The number of carbonyl (C=O) groups excluding carboxylic acids is 2. The van der Waals surface area contributed by atoms with Crippen molar-refractivity contribution in [1.29, 1.82) is 0 Å². The van der Waals surface area contributed by atoms with Crippen molar-refractivity contribution in [3.63, 3.8) is 0 Å². The van der Waals surface area contributed by atoms with Crippen molar-refractivity contribution in [2.45, 2.75) is 26.7 Å². The van der Waals surface area contributed by atoms with Crippen LogP contribution in [-0.4, -0.2) is 29.6 Å². The van der Waals surface area contributed by atoms with Crippen LogP contribution in [0, 0.1) is 6.92 Å². The molecule has 0 bridgehead atoms. The molecular formula is C15H17N3O4. The minimum absolute atomic E-state index is 0.120. The Balaban J connectivity index is 2.32. The van der Waals surface area contributed by atoms with Gasteiger partial charge in [0.15, 0.2) is 5.89 Å². The lowest BCUT2D eigenvalue weighted by molar-refractivity contribution is -0.114. The molecule has 0 aromatic carbocycles. The van der Waals surface area contributed by atoms with Gasteiger partial charge in [-0.05, 0) is 12.5 Å². The minimum atomic E-state index is -0.576. The molecule has 2 amide bonds. The lowest BCUT2D eigenvalue weighted by Crippen LogP contribution is -2.19. The number of aryl methyl sites for hydroxylation is 2. The lowest BCUT2D eigenvalue weighted by atomic mass is 10.0. The highest BCUT2D eigenvalue weighted by Crippen LogP contribution is 2.18. The Labute approximate surface area is 127 Å². The van der Waals surface area contributed by atoms with Gasteiger partial charge in [-0.15, -0.1) is 0 Å². The number of carbonyl (C=O) groups is 2. The fraction of sp³-hybridized carbons (Fsp3) is 0.333. The molecule has 1 aromatic rings.